The zero-order valence-electron chi connectivity index (χ0n) is 17.3. The van der Waals surface area contributed by atoms with Crippen molar-refractivity contribution >= 4 is 50.9 Å². The first-order valence-corrected chi connectivity index (χ1v) is 10.8. The van der Waals surface area contributed by atoms with Gasteiger partial charge in [-0.1, -0.05) is 23.3 Å². The highest BCUT2D eigenvalue weighted by Gasteiger charge is 2.23. The Morgan fingerprint density at radius 1 is 1.12 bits per heavy atom. The molecule has 1 fully saturated rings. The average molecular weight is 460 g/mol. The highest BCUT2D eigenvalue weighted by Crippen LogP contribution is 2.29. The number of rotatable bonds is 5. The van der Waals surface area contributed by atoms with Crippen LogP contribution in [0.2, 0.25) is 0 Å². The third-order valence-electron chi connectivity index (χ3n) is 5.04. The minimum atomic E-state index is -0.512. The van der Waals surface area contributed by atoms with Gasteiger partial charge in [-0.15, -0.1) is 16.4 Å². The second-order valence-corrected chi connectivity index (χ2v) is 8.17. The Bertz CT molecular complexity index is 1440. The van der Waals surface area contributed by atoms with Crippen molar-refractivity contribution in [2.75, 3.05) is 13.6 Å². The van der Waals surface area contributed by atoms with Crippen molar-refractivity contribution in [3.8, 4) is 11.1 Å². The van der Waals surface area contributed by atoms with Crippen molar-refractivity contribution in [2.24, 2.45) is 4.99 Å². The summed E-state index contributed by atoms with van der Waals surface area (Å²) in [6.45, 7) is 0.503. The summed E-state index contributed by atoms with van der Waals surface area (Å²) in [5.74, 6) is -1.18. The van der Waals surface area contributed by atoms with Crippen molar-refractivity contribution in [3.05, 3.63) is 58.9 Å². The molecule has 3 heterocycles. The van der Waals surface area contributed by atoms with Crippen LogP contribution in [0.25, 0.3) is 21.3 Å². The van der Waals surface area contributed by atoms with Crippen LogP contribution in [0, 0.1) is 0 Å². The Hall–Kier alpha value is -4.25. The molecule has 2 amide bonds. The monoisotopic (exact) mass is 460 g/mol. The first-order chi connectivity index (χ1) is 16.0. The molecule has 2 N–H and O–H groups in total. The predicted octanol–water partition coefficient (Wildman–Crippen LogP) is 2.53. The van der Waals surface area contributed by atoms with E-state index in [1.54, 1.807) is 19.2 Å². The molecule has 0 radical (unpaired) electrons. The van der Waals surface area contributed by atoms with Gasteiger partial charge in [-0.3, -0.25) is 14.4 Å². The summed E-state index contributed by atoms with van der Waals surface area (Å²) in [5, 5.41) is 12.9. The number of hydrogen-bond donors (Lipinski definition) is 2. The van der Waals surface area contributed by atoms with Gasteiger partial charge in [0.1, 0.15) is 5.71 Å². The molecular formula is C22H16N6O4S. The van der Waals surface area contributed by atoms with Crippen LogP contribution >= 0.6 is 11.3 Å². The fourth-order valence-electron chi connectivity index (χ4n) is 3.34. The van der Waals surface area contributed by atoms with Gasteiger partial charge in [0.25, 0.3) is 23.5 Å². The second kappa shape index (κ2) is 8.36. The highest BCUT2D eigenvalue weighted by molar-refractivity contribution is 7.20. The molecule has 0 saturated carbocycles. The van der Waals surface area contributed by atoms with E-state index in [1.165, 1.54) is 11.3 Å². The number of aromatic nitrogens is 3. The van der Waals surface area contributed by atoms with Crippen LogP contribution in [0.15, 0.2) is 51.9 Å². The van der Waals surface area contributed by atoms with Crippen molar-refractivity contribution < 1.29 is 18.8 Å². The van der Waals surface area contributed by atoms with Gasteiger partial charge in [-0.25, -0.2) is 4.98 Å². The summed E-state index contributed by atoms with van der Waals surface area (Å²) in [6, 6.07) is 12.8. The number of ketones is 1. The van der Waals surface area contributed by atoms with E-state index < -0.39 is 5.78 Å². The second-order valence-electron chi connectivity index (χ2n) is 7.14. The lowest BCUT2D eigenvalue weighted by Crippen LogP contribution is -2.18. The third kappa shape index (κ3) is 4.01. The lowest BCUT2D eigenvalue weighted by atomic mass is 10.0. The molecule has 2 aromatic heterocycles. The van der Waals surface area contributed by atoms with E-state index in [0.29, 0.717) is 24.0 Å². The molecule has 1 aliphatic heterocycles. The minimum absolute atomic E-state index is 0.144. The van der Waals surface area contributed by atoms with Crippen LogP contribution in [-0.2, 0) is 4.79 Å². The average Bonchev–Trinajstić information content (AvgIpc) is 3.58. The van der Waals surface area contributed by atoms with Gasteiger partial charge in [-0.05, 0) is 35.4 Å². The van der Waals surface area contributed by atoms with E-state index in [0.717, 1.165) is 15.8 Å². The van der Waals surface area contributed by atoms with Gasteiger partial charge in [0.05, 0.1) is 10.2 Å². The fourth-order valence-corrected chi connectivity index (χ4v) is 4.27. The highest BCUT2D eigenvalue weighted by atomic mass is 32.1. The van der Waals surface area contributed by atoms with Crippen LogP contribution in [0.5, 0.6) is 0 Å². The quantitative estimate of drug-likeness (QED) is 0.436. The maximum absolute atomic E-state index is 12.8. The Labute approximate surface area is 190 Å². The van der Waals surface area contributed by atoms with Crippen LogP contribution in [0.4, 0.5) is 6.01 Å². The molecule has 33 heavy (non-hydrogen) atoms. The van der Waals surface area contributed by atoms with E-state index in [9.17, 15) is 14.4 Å². The minimum Gasteiger partial charge on any atom is -0.398 e. The smallest absolute Gasteiger partial charge is 0.343 e. The number of hydrogen-bond acceptors (Lipinski definition) is 9. The molecular weight excluding hydrogens is 444 g/mol. The Morgan fingerprint density at radius 2 is 1.91 bits per heavy atom. The van der Waals surface area contributed by atoms with Gasteiger partial charge in [0.15, 0.2) is 5.01 Å². The van der Waals surface area contributed by atoms with Crippen LogP contribution in [-0.4, -0.2) is 52.1 Å². The molecule has 0 spiro atoms. The first kappa shape index (κ1) is 20.6. The van der Waals surface area contributed by atoms with Crippen molar-refractivity contribution in [1.29, 1.82) is 0 Å². The number of carbonyl (C=O) groups excluding carboxylic acids is 3. The van der Waals surface area contributed by atoms with Gasteiger partial charge < -0.3 is 15.1 Å². The number of amides is 2. The Kier molecular flexibility index (Phi) is 5.23. The molecule has 1 saturated heterocycles. The van der Waals surface area contributed by atoms with E-state index >= 15 is 0 Å². The first-order valence-electron chi connectivity index (χ1n) is 9.99. The summed E-state index contributed by atoms with van der Waals surface area (Å²) in [7, 11) is 1.59. The van der Waals surface area contributed by atoms with Crippen molar-refractivity contribution in [1.82, 2.24) is 25.8 Å². The lowest BCUT2D eigenvalue weighted by molar-refractivity contribution is -0.113. The van der Waals surface area contributed by atoms with Crippen LogP contribution in [0.3, 0.4) is 0 Å². The van der Waals surface area contributed by atoms with E-state index in [2.05, 4.69) is 30.8 Å². The summed E-state index contributed by atoms with van der Waals surface area (Å²) in [6.07, 6.45) is 0.458. The predicted molar refractivity (Wildman–Crippen MR) is 121 cm³/mol. The molecule has 1 aliphatic rings. The lowest BCUT2D eigenvalue weighted by Gasteiger charge is -2.04. The number of thiazole rings is 1. The molecule has 5 rings (SSSR count). The fraction of sp³-hybridized carbons (Fsp3) is 0.136. The SMILES string of the molecule is CNC(=O)c1ccc(-c2ccc3nc(C(=O)c4nnc(N=C5CCNC5=O)o4)sc3c2)cc1. The van der Waals surface area contributed by atoms with Gasteiger partial charge in [0, 0.05) is 25.6 Å². The maximum atomic E-state index is 12.8. The molecule has 2 aromatic carbocycles. The van der Waals surface area contributed by atoms with E-state index in [4.69, 9.17) is 4.42 Å². The van der Waals surface area contributed by atoms with Gasteiger partial charge in [-0.2, -0.15) is 4.99 Å². The number of carbonyl (C=O) groups is 3. The zero-order valence-corrected chi connectivity index (χ0v) is 18.1. The Morgan fingerprint density at radius 3 is 2.64 bits per heavy atom. The largest absolute Gasteiger partial charge is 0.398 e. The van der Waals surface area contributed by atoms with Crippen LogP contribution < -0.4 is 10.6 Å². The number of aliphatic imine (C=N–C) groups is 1. The molecule has 0 atom stereocenters. The van der Waals surface area contributed by atoms with Crippen LogP contribution in [0.1, 0.15) is 32.5 Å². The maximum Gasteiger partial charge on any atom is 0.343 e. The molecule has 0 aliphatic carbocycles. The van der Waals surface area contributed by atoms with Crippen molar-refractivity contribution in [3.63, 3.8) is 0 Å². The number of nitrogens with one attached hydrogen (secondary N) is 2. The molecule has 10 nitrogen and oxygen atoms in total. The van der Waals surface area contributed by atoms with Gasteiger partial charge in [0.2, 0.25) is 0 Å². The zero-order chi connectivity index (χ0) is 22.9. The van der Waals surface area contributed by atoms with E-state index in [1.807, 2.05) is 30.3 Å². The summed E-state index contributed by atoms with van der Waals surface area (Å²) in [4.78, 5) is 44.5. The summed E-state index contributed by atoms with van der Waals surface area (Å²) in [5.41, 5.74) is 3.39. The molecule has 0 bridgehead atoms. The molecule has 11 heteroatoms. The topological polar surface area (TPSA) is 139 Å². The van der Waals surface area contributed by atoms with E-state index in [-0.39, 0.29) is 34.4 Å². The standard InChI is InChI=1S/C22H16N6O4S/c1-23-18(30)12-4-2-11(3-5-12)13-6-7-14-16(10-13)33-21(25-14)17(29)20-27-28-22(32-20)26-15-8-9-24-19(15)31/h2-7,10H,8-9H2,1H3,(H,23,30)(H,24,31). The molecule has 164 valence electrons. The molecule has 0 unspecified atom stereocenters. The molecule has 4 aromatic rings. The number of benzene rings is 2. The Balaban J connectivity index is 1.39. The number of fused-ring (bicyclic) bond motifs is 1. The normalized spacial score (nSPS) is 14.6. The van der Waals surface area contributed by atoms with Crippen molar-refractivity contribution in [2.45, 2.75) is 6.42 Å². The van der Waals surface area contributed by atoms with Gasteiger partial charge >= 0.3 is 6.01 Å². The summed E-state index contributed by atoms with van der Waals surface area (Å²) < 4.78 is 6.15. The number of nitrogens with zero attached hydrogens (tertiary/aromatic N) is 4. The third-order valence-corrected chi connectivity index (χ3v) is 6.06. The summed E-state index contributed by atoms with van der Waals surface area (Å²) >= 11 is 1.21.